The molecule has 0 aliphatic heterocycles. The quantitative estimate of drug-likeness (QED) is 0.695. The summed E-state index contributed by atoms with van der Waals surface area (Å²) in [7, 11) is 0. The maximum absolute atomic E-state index is 6.13. The van der Waals surface area contributed by atoms with Crippen LogP contribution in [-0.4, -0.2) is 18.1 Å². The van der Waals surface area contributed by atoms with Gasteiger partial charge in [-0.15, -0.1) is 0 Å². The molecule has 0 saturated heterocycles. The molecule has 3 nitrogen and oxygen atoms in total. The van der Waals surface area contributed by atoms with Crippen LogP contribution in [0.1, 0.15) is 45.6 Å². The van der Waals surface area contributed by atoms with Crippen molar-refractivity contribution in [3.63, 3.8) is 0 Å². The lowest BCUT2D eigenvalue weighted by atomic mass is 10.1. The van der Waals surface area contributed by atoms with E-state index < -0.39 is 0 Å². The van der Waals surface area contributed by atoms with Gasteiger partial charge >= 0.3 is 0 Å². The van der Waals surface area contributed by atoms with Crippen LogP contribution in [0.15, 0.2) is 12.3 Å². The van der Waals surface area contributed by atoms with E-state index in [-0.39, 0.29) is 0 Å². The molecule has 0 radical (unpaired) electrons. The Kier molecular flexibility index (Phi) is 7.84. The second-order valence-electron chi connectivity index (χ2n) is 5.00. The summed E-state index contributed by atoms with van der Waals surface area (Å²) >= 11 is 6.13. The zero-order valence-electron chi connectivity index (χ0n) is 12.2. The summed E-state index contributed by atoms with van der Waals surface area (Å²) < 4.78 is 5.72. The third-order valence-electron chi connectivity index (χ3n) is 2.95. The molecule has 4 heteroatoms. The number of ether oxygens (including phenoxy) is 1. The smallest absolute Gasteiger partial charge is 0.213 e. The molecule has 1 rings (SSSR count). The van der Waals surface area contributed by atoms with Crippen LogP contribution in [-0.2, 0) is 6.54 Å². The number of halogens is 1. The van der Waals surface area contributed by atoms with Gasteiger partial charge in [-0.2, -0.15) is 0 Å². The lowest BCUT2D eigenvalue weighted by molar-refractivity contribution is 0.243. The summed E-state index contributed by atoms with van der Waals surface area (Å²) in [4.78, 5) is 4.22. The minimum atomic E-state index is 0.559. The topological polar surface area (TPSA) is 34.1 Å². The minimum Gasteiger partial charge on any atom is -0.477 e. The number of hydrogen-bond donors (Lipinski definition) is 1. The highest BCUT2D eigenvalue weighted by Gasteiger charge is 2.06. The maximum Gasteiger partial charge on any atom is 0.213 e. The van der Waals surface area contributed by atoms with Crippen LogP contribution in [0.3, 0.4) is 0 Å². The summed E-state index contributed by atoms with van der Waals surface area (Å²) in [5.74, 6) is 1.23. The van der Waals surface area contributed by atoms with Crippen molar-refractivity contribution in [2.24, 2.45) is 5.92 Å². The van der Waals surface area contributed by atoms with E-state index in [0.717, 1.165) is 25.1 Å². The van der Waals surface area contributed by atoms with Gasteiger partial charge < -0.3 is 10.1 Å². The van der Waals surface area contributed by atoms with Crippen LogP contribution in [0.25, 0.3) is 0 Å². The maximum atomic E-state index is 6.13. The molecular formula is C15H25ClN2O. The van der Waals surface area contributed by atoms with E-state index in [1.807, 2.05) is 6.07 Å². The molecule has 0 saturated carbocycles. The second-order valence-corrected chi connectivity index (χ2v) is 5.40. The van der Waals surface area contributed by atoms with E-state index >= 15 is 0 Å². The van der Waals surface area contributed by atoms with Gasteiger partial charge in [0.1, 0.15) is 0 Å². The van der Waals surface area contributed by atoms with Crippen molar-refractivity contribution < 1.29 is 4.74 Å². The molecule has 1 atom stereocenters. The summed E-state index contributed by atoms with van der Waals surface area (Å²) in [5, 5.41) is 4.03. The highest BCUT2D eigenvalue weighted by Crippen LogP contribution is 2.20. The normalized spacial score (nSPS) is 12.4. The average Bonchev–Trinajstić information content (AvgIpc) is 2.40. The number of rotatable bonds is 9. The van der Waals surface area contributed by atoms with Crippen molar-refractivity contribution in [3.8, 4) is 5.88 Å². The number of nitrogens with one attached hydrogen (secondary N) is 1. The monoisotopic (exact) mass is 284 g/mol. The van der Waals surface area contributed by atoms with E-state index in [4.69, 9.17) is 16.3 Å². The van der Waals surface area contributed by atoms with Gasteiger partial charge in [-0.3, -0.25) is 0 Å². The Bertz CT molecular complexity index is 371. The third-order valence-corrected chi connectivity index (χ3v) is 3.29. The van der Waals surface area contributed by atoms with Crippen molar-refractivity contribution in [2.75, 3.05) is 13.2 Å². The van der Waals surface area contributed by atoms with Crippen LogP contribution < -0.4 is 10.1 Å². The summed E-state index contributed by atoms with van der Waals surface area (Å²) in [6.07, 6.45) is 5.15. The first-order valence-corrected chi connectivity index (χ1v) is 7.53. The Morgan fingerprint density at radius 2 is 2.16 bits per heavy atom. The molecule has 1 aromatic rings. The molecule has 1 N–H and O–H groups in total. The van der Waals surface area contributed by atoms with Crippen LogP contribution in [0.4, 0.5) is 0 Å². The van der Waals surface area contributed by atoms with E-state index in [1.54, 1.807) is 6.20 Å². The van der Waals surface area contributed by atoms with Crippen molar-refractivity contribution >= 4 is 11.6 Å². The van der Waals surface area contributed by atoms with Gasteiger partial charge in [0.05, 0.1) is 11.6 Å². The molecule has 1 aromatic heterocycles. The van der Waals surface area contributed by atoms with Gasteiger partial charge in [-0.1, -0.05) is 38.8 Å². The average molecular weight is 285 g/mol. The van der Waals surface area contributed by atoms with Gasteiger partial charge in [-0.05, 0) is 30.9 Å². The van der Waals surface area contributed by atoms with E-state index in [2.05, 4.69) is 31.1 Å². The number of aromatic nitrogens is 1. The fourth-order valence-corrected chi connectivity index (χ4v) is 2.05. The number of hydrogen-bond acceptors (Lipinski definition) is 3. The Morgan fingerprint density at radius 1 is 1.37 bits per heavy atom. The van der Waals surface area contributed by atoms with Crippen LogP contribution >= 0.6 is 11.6 Å². The first kappa shape index (κ1) is 16.3. The van der Waals surface area contributed by atoms with Gasteiger partial charge in [-0.25, -0.2) is 4.98 Å². The van der Waals surface area contributed by atoms with Crippen molar-refractivity contribution in [3.05, 3.63) is 22.8 Å². The molecule has 0 fully saturated rings. The SMILES string of the molecule is CCCNCc1cc(OCC(C)CCC)ncc1Cl. The molecule has 0 bridgehead atoms. The lowest BCUT2D eigenvalue weighted by Gasteiger charge is -2.13. The van der Waals surface area contributed by atoms with Gasteiger partial charge in [0.25, 0.3) is 0 Å². The molecule has 0 spiro atoms. The molecule has 0 amide bonds. The van der Waals surface area contributed by atoms with Crippen LogP contribution in [0, 0.1) is 5.92 Å². The second kappa shape index (κ2) is 9.16. The Morgan fingerprint density at radius 3 is 2.84 bits per heavy atom. The summed E-state index contributed by atoms with van der Waals surface area (Å²) in [6, 6.07) is 1.93. The van der Waals surface area contributed by atoms with Gasteiger partial charge in [0, 0.05) is 18.8 Å². The minimum absolute atomic E-state index is 0.559. The van der Waals surface area contributed by atoms with Crippen LogP contribution in [0.2, 0.25) is 5.02 Å². The highest BCUT2D eigenvalue weighted by atomic mass is 35.5. The summed E-state index contributed by atoms with van der Waals surface area (Å²) in [5.41, 5.74) is 1.04. The Balaban J connectivity index is 2.52. The molecule has 1 unspecified atom stereocenters. The molecule has 1 heterocycles. The van der Waals surface area contributed by atoms with Gasteiger partial charge in [0.2, 0.25) is 5.88 Å². The number of pyridine rings is 1. The molecule has 0 aliphatic rings. The molecule has 108 valence electrons. The molecule has 19 heavy (non-hydrogen) atoms. The fourth-order valence-electron chi connectivity index (χ4n) is 1.88. The zero-order chi connectivity index (χ0) is 14.1. The Labute approximate surface area is 121 Å². The van der Waals surface area contributed by atoms with Crippen molar-refractivity contribution in [1.82, 2.24) is 10.3 Å². The van der Waals surface area contributed by atoms with Crippen molar-refractivity contribution in [2.45, 2.75) is 46.6 Å². The highest BCUT2D eigenvalue weighted by molar-refractivity contribution is 6.31. The predicted octanol–water partition coefficient (Wildman–Crippen LogP) is 4.05. The Hall–Kier alpha value is -0.800. The molecule has 0 aliphatic carbocycles. The lowest BCUT2D eigenvalue weighted by Crippen LogP contribution is -2.14. The zero-order valence-corrected chi connectivity index (χ0v) is 13.0. The first-order chi connectivity index (χ1) is 9.17. The van der Waals surface area contributed by atoms with E-state index in [9.17, 15) is 0 Å². The van der Waals surface area contributed by atoms with Crippen LogP contribution in [0.5, 0.6) is 5.88 Å². The van der Waals surface area contributed by atoms with Gasteiger partial charge in [0.15, 0.2) is 0 Å². The fraction of sp³-hybridized carbons (Fsp3) is 0.667. The van der Waals surface area contributed by atoms with Crippen molar-refractivity contribution in [1.29, 1.82) is 0 Å². The molecular weight excluding hydrogens is 260 g/mol. The van der Waals surface area contributed by atoms with E-state index in [1.165, 1.54) is 12.8 Å². The largest absolute Gasteiger partial charge is 0.477 e. The first-order valence-electron chi connectivity index (χ1n) is 7.15. The standard InChI is InChI=1S/C15H25ClN2O/c1-4-6-12(3)11-19-15-8-13(9-17-7-5-2)14(16)10-18-15/h8,10,12,17H,4-7,9,11H2,1-3H3. The number of nitrogens with zero attached hydrogens (tertiary/aromatic N) is 1. The third kappa shape index (κ3) is 6.26. The summed E-state index contributed by atoms with van der Waals surface area (Å²) in [6.45, 7) is 8.99. The van der Waals surface area contributed by atoms with E-state index in [0.29, 0.717) is 23.4 Å². The predicted molar refractivity (Wildman–Crippen MR) is 80.8 cm³/mol. The molecule has 0 aromatic carbocycles.